The summed E-state index contributed by atoms with van der Waals surface area (Å²) < 4.78 is 18.3. The van der Waals surface area contributed by atoms with Crippen molar-refractivity contribution in [2.45, 2.75) is 25.9 Å². The Labute approximate surface area is 114 Å². The van der Waals surface area contributed by atoms with Gasteiger partial charge in [0.25, 0.3) is 0 Å². The molecule has 106 valence electrons. The van der Waals surface area contributed by atoms with Crippen molar-refractivity contribution in [3.63, 3.8) is 0 Å². The molecule has 1 N–H and O–H groups in total. The summed E-state index contributed by atoms with van der Waals surface area (Å²) in [6.07, 6.45) is 1.66. The van der Waals surface area contributed by atoms with Crippen LogP contribution < -0.4 is 4.74 Å². The van der Waals surface area contributed by atoms with Crippen LogP contribution in [-0.2, 0) is 0 Å². The number of aliphatic hydroxyl groups excluding tert-OH is 1. The van der Waals surface area contributed by atoms with Gasteiger partial charge in [0.1, 0.15) is 11.6 Å². The highest BCUT2D eigenvalue weighted by atomic mass is 19.1. The molecule has 3 nitrogen and oxygen atoms in total. The molecule has 0 amide bonds. The molecule has 0 spiro atoms. The molecule has 1 aromatic carbocycles. The third-order valence-corrected chi connectivity index (χ3v) is 3.65. The molecule has 19 heavy (non-hydrogen) atoms. The summed E-state index contributed by atoms with van der Waals surface area (Å²) in [5.74, 6) is 0.823. The zero-order chi connectivity index (χ0) is 13.7. The van der Waals surface area contributed by atoms with Crippen molar-refractivity contribution in [3.05, 3.63) is 30.1 Å². The lowest BCUT2D eigenvalue weighted by Gasteiger charge is -2.34. The van der Waals surface area contributed by atoms with Crippen LogP contribution in [0.5, 0.6) is 5.75 Å². The van der Waals surface area contributed by atoms with E-state index >= 15 is 0 Å². The summed E-state index contributed by atoms with van der Waals surface area (Å²) in [5, 5.41) is 9.66. The topological polar surface area (TPSA) is 32.7 Å². The number of nitrogens with zero attached hydrogens (tertiary/aromatic N) is 1. The van der Waals surface area contributed by atoms with E-state index in [2.05, 4.69) is 11.8 Å². The van der Waals surface area contributed by atoms with E-state index in [0.29, 0.717) is 18.3 Å². The zero-order valence-electron chi connectivity index (χ0n) is 11.4. The van der Waals surface area contributed by atoms with E-state index in [1.54, 1.807) is 12.1 Å². The maximum absolute atomic E-state index is 12.7. The van der Waals surface area contributed by atoms with E-state index in [4.69, 9.17) is 4.74 Å². The van der Waals surface area contributed by atoms with Crippen LogP contribution in [0.4, 0.5) is 4.39 Å². The number of halogens is 1. The quantitative estimate of drug-likeness (QED) is 0.831. The first-order valence-corrected chi connectivity index (χ1v) is 6.94. The predicted molar refractivity (Wildman–Crippen MR) is 72.7 cm³/mol. The first-order valence-electron chi connectivity index (χ1n) is 6.94. The first kappa shape index (κ1) is 14.3. The number of aliphatic hydroxyl groups is 1. The number of piperidine rings is 1. The Morgan fingerprint density at radius 2 is 2.11 bits per heavy atom. The molecule has 2 rings (SSSR count). The second-order valence-corrected chi connectivity index (χ2v) is 5.29. The maximum atomic E-state index is 12.7. The molecule has 0 aromatic heterocycles. The van der Waals surface area contributed by atoms with Gasteiger partial charge in [-0.15, -0.1) is 0 Å². The molecular formula is C15H22FNO2. The van der Waals surface area contributed by atoms with Gasteiger partial charge in [-0.05, 0) is 43.0 Å². The van der Waals surface area contributed by atoms with Crippen molar-refractivity contribution in [3.8, 4) is 5.75 Å². The minimum Gasteiger partial charge on any atom is -0.494 e. The van der Waals surface area contributed by atoms with Crippen LogP contribution in [0.3, 0.4) is 0 Å². The van der Waals surface area contributed by atoms with Gasteiger partial charge in [0.15, 0.2) is 0 Å². The second kappa shape index (κ2) is 6.87. The number of rotatable bonds is 5. The van der Waals surface area contributed by atoms with Gasteiger partial charge in [-0.1, -0.05) is 6.92 Å². The van der Waals surface area contributed by atoms with Crippen molar-refractivity contribution in [1.29, 1.82) is 0 Å². The molecule has 0 saturated carbocycles. The lowest BCUT2D eigenvalue weighted by molar-refractivity contribution is 0.0334. The van der Waals surface area contributed by atoms with Crippen molar-refractivity contribution in [1.82, 2.24) is 4.90 Å². The largest absolute Gasteiger partial charge is 0.494 e. The van der Waals surface area contributed by atoms with Crippen molar-refractivity contribution in [2.24, 2.45) is 5.92 Å². The van der Waals surface area contributed by atoms with Gasteiger partial charge < -0.3 is 14.7 Å². The van der Waals surface area contributed by atoms with Crippen LogP contribution in [0.2, 0.25) is 0 Å². The zero-order valence-corrected chi connectivity index (χ0v) is 11.4. The Morgan fingerprint density at radius 3 is 2.79 bits per heavy atom. The van der Waals surface area contributed by atoms with Gasteiger partial charge in [-0.25, -0.2) is 4.39 Å². The highest BCUT2D eigenvalue weighted by Crippen LogP contribution is 2.16. The average Bonchev–Trinajstić information content (AvgIpc) is 2.41. The van der Waals surface area contributed by atoms with Gasteiger partial charge in [-0.3, -0.25) is 0 Å². The van der Waals surface area contributed by atoms with Crippen LogP contribution in [0.15, 0.2) is 24.3 Å². The van der Waals surface area contributed by atoms with Gasteiger partial charge in [0.2, 0.25) is 0 Å². The Kier molecular flexibility index (Phi) is 5.16. The third-order valence-electron chi connectivity index (χ3n) is 3.65. The Bertz CT molecular complexity index is 382. The second-order valence-electron chi connectivity index (χ2n) is 5.29. The highest BCUT2D eigenvalue weighted by molar-refractivity contribution is 5.21. The van der Waals surface area contributed by atoms with Crippen LogP contribution in [0.25, 0.3) is 0 Å². The first-order chi connectivity index (χ1) is 9.15. The molecule has 2 atom stereocenters. The van der Waals surface area contributed by atoms with E-state index in [0.717, 1.165) is 32.5 Å². The van der Waals surface area contributed by atoms with Crippen LogP contribution in [0, 0.1) is 11.7 Å². The molecule has 4 heteroatoms. The molecule has 0 aliphatic carbocycles. The normalized spacial score (nSPS) is 24.4. The minimum absolute atomic E-state index is 0.147. The fourth-order valence-electron chi connectivity index (χ4n) is 2.43. The monoisotopic (exact) mass is 267 g/mol. The Balaban J connectivity index is 1.63. The molecule has 1 saturated heterocycles. The average molecular weight is 267 g/mol. The van der Waals surface area contributed by atoms with Gasteiger partial charge in [0, 0.05) is 19.6 Å². The summed E-state index contributed by atoms with van der Waals surface area (Å²) in [5.41, 5.74) is 0. The fourth-order valence-corrected chi connectivity index (χ4v) is 2.43. The lowest BCUT2D eigenvalue weighted by atomic mass is 9.97. The van der Waals surface area contributed by atoms with Crippen molar-refractivity contribution < 1.29 is 14.2 Å². The minimum atomic E-state index is -0.242. The van der Waals surface area contributed by atoms with E-state index in [9.17, 15) is 9.50 Å². The lowest BCUT2D eigenvalue weighted by Crippen LogP contribution is -2.42. The summed E-state index contributed by atoms with van der Waals surface area (Å²) in [6.45, 7) is 5.63. The predicted octanol–water partition coefficient (Wildman–Crippen LogP) is 2.30. The molecule has 0 radical (unpaired) electrons. The maximum Gasteiger partial charge on any atom is 0.123 e. The summed E-state index contributed by atoms with van der Waals surface area (Å²) >= 11 is 0. The Morgan fingerprint density at radius 1 is 1.37 bits per heavy atom. The van der Waals surface area contributed by atoms with Crippen LogP contribution >= 0.6 is 0 Å². The number of hydrogen-bond acceptors (Lipinski definition) is 3. The molecule has 2 unspecified atom stereocenters. The molecule has 1 aromatic rings. The smallest absolute Gasteiger partial charge is 0.123 e. The van der Waals surface area contributed by atoms with Crippen molar-refractivity contribution >= 4 is 0 Å². The van der Waals surface area contributed by atoms with E-state index < -0.39 is 0 Å². The summed E-state index contributed by atoms with van der Waals surface area (Å²) in [6, 6.07) is 6.11. The number of ether oxygens (including phenoxy) is 1. The van der Waals surface area contributed by atoms with E-state index in [1.807, 2.05) is 0 Å². The van der Waals surface area contributed by atoms with Gasteiger partial charge in [0.05, 0.1) is 12.7 Å². The molecule has 1 aliphatic rings. The molecular weight excluding hydrogens is 245 g/mol. The Hall–Kier alpha value is -1.13. The standard InChI is InChI=1S/C15H22FNO2/c1-12-11-17(9-7-15(12)18)8-2-10-19-14-5-3-13(16)4-6-14/h3-6,12,15,18H,2,7-11H2,1H3. The fraction of sp³-hybridized carbons (Fsp3) is 0.600. The van der Waals surface area contributed by atoms with E-state index in [1.165, 1.54) is 12.1 Å². The van der Waals surface area contributed by atoms with Crippen LogP contribution in [0.1, 0.15) is 19.8 Å². The summed E-state index contributed by atoms with van der Waals surface area (Å²) in [7, 11) is 0. The number of benzene rings is 1. The number of likely N-dealkylation sites (tertiary alicyclic amines) is 1. The van der Waals surface area contributed by atoms with Gasteiger partial charge >= 0.3 is 0 Å². The van der Waals surface area contributed by atoms with E-state index in [-0.39, 0.29) is 11.9 Å². The molecule has 1 aliphatic heterocycles. The SMILES string of the molecule is CC1CN(CCCOc2ccc(F)cc2)CCC1O. The number of hydrogen-bond donors (Lipinski definition) is 1. The molecule has 0 bridgehead atoms. The highest BCUT2D eigenvalue weighted by Gasteiger charge is 2.23. The van der Waals surface area contributed by atoms with Crippen LogP contribution in [-0.4, -0.2) is 42.4 Å². The molecule has 1 heterocycles. The van der Waals surface area contributed by atoms with Gasteiger partial charge in [-0.2, -0.15) is 0 Å². The summed E-state index contributed by atoms with van der Waals surface area (Å²) in [4.78, 5) is 2.37. The molecule has 1 fully saturated rings. The third kappa shape index (κ3) is 4.48. The van der Waals surface area contributed by atoms with Crippen molar-refractivity contribution in [2.75, 3.05) is 26.2 Å².